The third-order valence-corrected chi connectivity index (χ3v) is 5.41. The number of anilines is 1. The maximum atomic E-state index is 14.4. The predicted octanol–water partition coefficient (Wildman–Crippen LogP) is 4.16. The molecule has 0 aromatic heterocycles. The van der Waals surface area contributed by atoms with E-state index in [1.807, 2.05) is 12.1 Å². The molecule has 3 unspecified atom stereocenters. The monoisotopic (exact) mass is 420 g/mol. The molecule has 1 aromatic carbocycles. The Hall–Kier alpha value is -0.360. The van der Waals surface area contributed by atoms with Crippen LogP contribution in [-0.2, 0) is 5.13 Å². The van der Waals surface area contributed by atoms with Gasteiger partial charge in [-0.2, -0.15) is 0 Å². The van der Waals surface area contributed by atoms with Gasteiger partial charge in [-0.1, -0.05) is 59.4 Å². The van der Waals surface area contributed by atoms with E-state index in [0.717, 1.165) is 44.6 Å². The van der Waals surface area contributed by atoms with E-state index in [1.165, 1.54) is 0 Å². The summed E-state index contributed by atoms with van der Waals surface area (Å²) in [5, 5.41) is 12.5. The zero-order valence-electron chi connectivity index (χ0n) is 14.1. The number of unbranched alkanes of at least 4 members (excludes halogenated alkanes) is 1. The van der Waals surface area contributed by atoms with Crippen LogP contribution in [0.4, 0.5) is 10.1 Å². The summed E-state index contributed by atoms with van der Waals surface area (Å²) in [4.78, 5) is 2.22. The van der Waals surface area contributed by atoms with E-state index < -0.39 is 5.13 Å². The second-order valence-corrected chi connectivity index (χ2v) is 7.76. The highest BCUT2D eigenvalue weighted by Crippen LogP contribution is 2.36. The zero-order chi connectivity index (χ0) is 17.6. The number of nitrogens with one attached hydrogen (secondary N) is 1. The molecule has 2 N–H and O–H groups in total. The van der Waals surface area contributed by atoms with E-state index in [1.54, 1.807) is 12.1 Å². The second-order valence-electron chi connectivity index (χ2n) is 6.36. The standard InChI is InChI=1S/C18H27BrClFN2O/c1-2-3-4-17(24)16-13-22-11-12-23(16)15-7-5-14(6-8-15)18(20,21)9-10-19/h5-8,16-17,22,24H,2-4,9-13H2,1H3. The summed E-state index contributed by atoms with van der Waals surface area (Å²) in [6.45, 7) is 4.60. The summed E-state index contributed by atoms with van der Waals surface area (Å²) in [5.74, 6) is 0. The fourth-order valence-electron chi connectivity index (χ4n) is 3.16. The molecule has 2 rings (SSSR count). The SMILES string of the molecule is CCCCC(O)C1CNCCN1c1ccc(C(F)(Cl)CCBr)cc1. The first-order valence-corrected chi connectivity index (χ1v) is 10.2. The Bertz CT molecular complexity index is 500. The van der Waals surface area contributed by atoms with Gasteiger partial charge in [-0.25, -0.2) is 4.39 Å². The summed E-state index contributed by atoms with van der Waals surface area (Å²) >= 11 is 9.21. The van der Waals surface area contributed by atoms with Gasteiger partial charge in [0.05, 0.1) is 12.1 Å². The van der Waals surface area contributed by atoms with Crippen LogP contribution in [0.1, 0.15) is 38.2 Å². The number of hydrogen-bond acceptors (Lipinski definition) is 3. The van der Waals surface area contributed by atoms with Crippen LogP contribution >= 0.6 is 27.5 Å². The Morgan fingerprint density at radius 1 is 1.46 bits per heavy atom. The summed E-state index contributed by atoms with van der Waals surface area (Å²) in [7, 11) is 0. The first kappa shape index (κ1) is 20.0. The van der Waals surface area contributed by atoms with Gasteiger partial charge in [0.25, 0.3) is 0 Å². The van der Waals surface area contributed by atoms with Gasteiger partial charge in [-0.15, -0.1) is 0 Å². The number of piperazine rings is 1. The van der Waals surface area contributed by atoms with Crippen molar-refractivity contribution in [2.75, 3.05) is 29.9 Å². The molecule has 1 aliphatic heterocycles. The van der Waals surface area contributed by atoms with Gasteiger partial charge in [0.2, 0.25) is 5.13 Å². The van der Waals surface area contributed by atoms with E-state index in [0.29, 0.717) is 10.9 Å². The first-order valence-electron chi connectivity index (χ1n) is 8.69. The van der Waals surface area contributed by atoms with Crippen LogP contribution in [-0.4, -0.2) is 42.2 Å². The lowest BCUT2D eigenvalue weighted by Crippen LogP contribution is -2.56. The van der Waals surface area contributed by atoms with E-state index in [-0.39, 0.29) is 18.6 Å². The molecule has 0 saturated carbocycles. The average Bonchev–Trinajstić information content (AvgIpc) is 2.60. The summed E-state index contributed by atoms with van der Waals surface area (Å²) in [6.07, 6.45) is 2.76. The van der Waals surface area contributed by atoms with Crippen molar-refractivity contribution in [2.24, 2.45) is 0 Å². The molecule has 1 fully saturated rings. The smallest absolute Gasteiger partial charge is 0.209 e. The Morgan fingerprint density at radius 3 is 2.79 bits per heavy atom. The maximum Gasteiger partial charge on any atom is 0.209 e. The second kappa shape index (κ2) is 9.37. The number of aliphatic hydroxyl groups is 1. The fourth-order valence-corrected chi connectivity index (χ4v) is 4.15. The van der Waals surface area contributed by atoms with Crippen molar-refractivity contribution in [2.45, 2.75) is 49.9 Å². The Kier molecular flexibility index (Phi) is 7.79. The minimum absolute atomic E-state index is 0.0461. The molecule has 1 aliphatic rings. The van der Waals surface area contributed by atoms with Gasteiger partial charge >= 0.3 is 0 Å². The molecule has 0 spiro atoms. The minimum Gasteiger partial charge on any atom is -0.391 e. The topological polar surface area (TPSA) is 35.5 Å². The molecule has 1 saturated heterocycles. The van der Waals surface area contributed by atoms with Crippen LogP contribution in [0.2, 0.25) is 0 Å². The number of halogens is 3. The van der Waals surface area contributed by atoms with E-state index in [9.17, 15) is 9.50 Å². The molecule has 136 valence electrons. The molecule has 0 bridgehead atoms. The first-order chi connectivity index (χ1) is 11.5. The molecule has 0 amide bonds. The van der Waals surface area contributed by atoms with Gasteiger partial charge < -0.3 is 15.3 Å². The highest BCUT2D eigenvalue weighted by atomic mass is 79.9. The molecule has 6 heteroatoms. The number of rotatable bonds is 8. The lowest BCUT2D eigenvalue weighted by atomic mass is 10.00. The molecule has 0 aliphatic carbocycles. The van der Waals surface area contributed by atoms with Crippen molar-refractivity contribution in [1.82, 2.24) is 5.32 Å². The Labute approximate surface area is 157 Å². The van der Waals surface area contributed by atoms with Crippen molar-refractivity contribution in [3.63, 3.8) is 0 Å². The Balaban J connectivity index is 2.12. The molecular weight excluding hydrogens is 395 g/mol. The quantitative estimate of drug-likeness (QED) is 0.619. The van der Waals surface area contributed by atoms with Gasteiger partial charge in [0, 0.05) is 42.6 Å². The van der Waals surface area contributed by atoms with Crippen molar-refractivity contribution in [3.05, 3.63) is 29.8 Å². The summed E-state index contributed by atoms with van der Waals surface area (Å²) < 4.78 is 14.4. The molecule has 1 aromatic rings. The van der Waals surface area contributed by atoms with Gasteiger partial charge in [0.15, 0.2) is 0 Å². The van der Waals surface area contributed by atoms with E-state index >= 15 is 0 Å². The largest absolute Gasteiger partial charge is 0.391 e. The minimum atomic E-state index is -1.84. The van der Waals surface area contributed by atoms with Crippen LogP contribution < -0.4 is 10.2 Å². The van der Waals surface area contributed by atoms with E-state index in [4.69, 9.17) is 11.6 Å². The third-order valence-electron chi connectivity index (χ3n) is 4.61. The van der Waals surface area contributed by atoms with Gasteiger partial charge in [-0.3, -0.25) is 0 Å². The van der Waals surface area contributed by atoms with Crippen LogP contribution in [0, 0.1) is 0 Å². The number of nitrogens with zero attached hydrogens (tertiary/aromatic N) is 1. The van der Waals surface area contributed by atoms with Gasteiger partial charge in [-0.05, 0) is 18.6 Å². The molecule has 24 heavy (non-hydrogen) atoms. The summed E-state index contributed by atoms with van der Waals surface area (Å²) in [6, 6.07) is 7.37. The fraction of sp³-hybridized carbons (Fsp3) is 0.667. The third kappa shape index (κ3) is 5.07. The number of hydrogen-bond donors (Lipinski definition) is 2. The normalized spacial score (nSPS) is 22.2. The highest BCUT2D eigenvalue weighted by molar-refractivity contribution is 9.09. The van der Waals surface area contributed by atoms with Crippen molar-refractivity contribution < 1.29 is 9.50 Å². The molecular formula is C18H27BrClFN2O. The maximum absolute atomic E-state index is 14.4. The zero-order valence-corrected chi connectivity index (χ0v) is 16.5. The van der Waals surface area contributed by atoms with Crippen molar-refractivity contribution in [3.8, 4) is 0 Å². The van der Waals surface area contributed by atoms with Crippen LogP contribution in [0.3, 0.4) is 0 Å². The van der Waals surface area contributed by atoms with Gasteiger partial charge in [0.1, 0.15) is 0 Å². The van der Waals surface area contributed by atoms with Crippen molar-refractivity contribution in [1.29, 1.82) is 0 Å². The predicted molar refractivity (Wildman–Crippen MR) is 103 cm³/mol. The van der Waals surface area contributed by atoms with Crippen LogP contribution in [0.15, 0.2) is 24.3 Å². The lowest BCUT2D eigenvalue weighted by molar-refractivity contribution is 0.121. The highest BCUT2D eigenvalue weighted by Gasteiger charge is 2.30. The lowest BCUT2D eigenvalue weighted by Gasteiger charge is -2.40. The van der Waals surface area contributed by atoms with Crippen LogP contribution in [0.25, 0.3) is 0 Å². The average molecular weight is 422 g/mol. The molecule has 0 radical (unpaired) electrons. The number of alkyl halides is 3. The Morgan fingerprint density at radius 2 is 2.17 bits per heavy atom. The number of benzene rings is 1. The van der Waals surface area contributed by atoms with Crippen LogP contribution in [0.5, 0.6) is 0 Å². The number of aliphatic hydroxyl groups excluding tert-OH is 1. The van der Waals surface area contributed by atoms with Crippen molar-refractivity contribution >= 4 is 33.2 Å². The molecule has 1 heterocycles. The molecule has 3 atom stereocenters. The summed E-state index contributed by atoms with van der Waals surface area (Å²) in [5.41, 5.74) is 1.48. The van der Waals surface area contributed by atoms with E-state index in [2.05, 4.69) is 33.1 Å². The molecule has 3 nitrogen and oxygen atoms in total.